The normalized spacial score (nSPS) is 18.8. The van der Waals surface area contributed by atoms with Gasteiger partial charge in [-0.3, -0.25) is 4.79 Å². The molecule has 1 aromatic heterocycles. The Morgan fingerprint density at radius 2 is 1.92 bits per heavy atom. The smallest absolute Gasteiger partial charge is 0.230 e. The van der Waals surface area contributed by atoms with Gasteiger partial charge in [0.25, 0.3) is 0 Å². The summed E-state index contributed by atoms with van der Waals surface area (Å²) in [5.74, 6) is 2.59. The summed E-state index contributed by atoms with van der Waals surface area (Å²) >= 11 is 0. The minimum absolute atomic E-state index is 0.0315. The quantitative estimate of drug-likeness (QED) is 0.757. The molecule has 2 aliphatic carbocycles. The molecule has 1 atom stereocenters. The molecule has 5 heteroatoms. The number of carbonyl (C=O) groups is 1. The topological polar surface area (TPSA) is 59.2 Å². The van der Waals surface area contributed by atoms with Gasteiger partial charge in [0.1, 0.15) is 0 Å². The molecule has 1 heterocycles. The van der Waals surface area contributed by atoms with Gasteiger partial charge in [-0.15, -0.1) is 0 Å². The van der Waals surface area contributed by atoms with E-state index in [-0.39, 0.29) is 11.8 Å². The fourth-order valence-electron chi connectivity index (χ4n) is 4.05. The van der Waals surface area contributed by atoms with Crippen molar-refractivity contribution in [3.05, 3.63) is 47.6 Å². The Bertz CT molecular complexity index is 733. The molecule has 1 aromatic carbocycles. The second-order valence-electron chi connectivity index (χ2n) is 7.77. The summed E-state index contributed by atoms with van der Waals surface area (Å²) in [5.41, 5.74) is 1.15. The number of hydrogen-bond donors (Lipinski definition) is 0. The molecule has 2 aromatic rings. The predicted molar refractivity (Wildman–Crippen MR) is 98.8 cm³/mol. The van der Waals surface area contributed by atoms with Gasteiger partial charge in [-0.1, -0.05) is 48.3 Å². The number of hydrogen-bond acceptors (Lipinski definition) is 4. The van der Waals surface area contributed by atoms with Gasteiger partial charge in [-0.25, -0.2) is 0 Å². The number of amides is 1. The van der Waals surface area contributed by atoms with Crippen molar-refractivity contribution in [2.75, 3.05) is 13.6 Å². The van der Waals surface area contributed by atoms with Crippen LogP contribution in [0.3, 0.4) is 0 Å². The molecule has 0 unspecified atom stereocenters. The van der Waals surface area contributed by atoms with Crippen molar-refractivity contribution < 1.29 is 9.32 Å². The van der Waals surface area contributed by atoms with E-state index in [1.165, 1.54) is 12.8 Å². The van der Waals surface area contributed by atoms with Gasteiger partial charge in [0, 0.05) is 25.9 Å². The third kappa shape index (κ3) is 3.81. The molecule has 138 valence electrons. The Kier molecular flexibility index (Phi) is 5.05. The summed E-state index contributed by atoms with van der Waals surface area (Å²) in [6, 6.07) is 10.3. The van der Waals surface area contributed by atoms with Crippen molar-refractivity contribution in [3.8, 4) is 0 Å². The molecular formula is C21H27N3O2. The van der Waals surface area contributed by atoms with Crippen LogP contribution in [0.25, 0.3) is 0 Å². The Labute approximate surface area is 154 Å². The Morgan fingerprint density at radius 1 is 1.19 bits per heavy atom. The number of nitrogens with zero attached hydrogens (tertiary/aromatic N) is 3. The van der Waals surface area contributed by atoms with Crippen LogP contribution >= 0.6 is 0 Å². The molecule has 0 radical (unpaired) electrons. The summed E-state index contributed by atoms with van der Waals surface area (Å²) in [7, 11) is 1.90. The minimum atomic E-state index is -0.0315. The van der Waals surface area contributed by atoms with E-state index in [0.717, 1.165) is 37.1 Å². The average molecular weight is 353 g/mol. The lowest BCUT2D eigenvalue weighted by molar-refractivity contribution is -0.132. The van der Waals surface area contributed by atoms with Gasteiger partial charge in [0.15, 0.2) is 5.82 Å². The molecule has 2 saturated carbocycles. The average Bonchev–Trinajstić information content (AvgIpc) is 3.18. The van der Waals surface area contributed by atoms with Crippen molar-refractivity contribution in [3.63, 3.8) is 0 Å². The molecule has 2 aliphatic rings. The number of benzene rings is 1. The van der Waals surface area contributed by atoms with Crippen LogP contribution in [0, 0.1) is 5.92 Å². The first-order valence-electron chi connectivity index (χ1n) is 9.85. The highest BCUT2D eigenvalue weighted by Gasteiger charge is 2.34. The van der Waals surface area contributed by atoms with E-state index in [1.54, 1.807) is 0 Å². The zero-order chi connectivity index (χ0) is 17.9. The van der Waals surface area contributed by atoms with Gasteiger partial charge in [-0.2, -0.15) is 4.98 Å². The fraction of sp³-hybridized carbons (Fsp3) is 0.571. The monoisotopic (exact) mass is 353 g/mol. The summed E-state index contributed by atoms with van der Waals surface area (Å²) in [6.45, 7) is 0.624. The molecule has 26 heavy (non-hydrogen) atoms. The number of carbonyl (C=O) groups excluding carboxylic acids is 1. The van der Waals surface area contributed by atoms with Crippen molar-refractivity contribution in [2.24, 2.45) is 5.92 Å². The number of rotatable bonds is 7. The zero-order valence-electron chi connectivity index (χ0n) is 15.4. The van der Waals surface area contributed by atoms with E-state index < -0.39 is 0 Å². The molecule has 0 saturated heterocycles. The van der Waals surface area contributed by atoms with E-state index in [9.17, 15) is 4.79 Å². The molecule has 5 nitrogen and oxygen atoms in total. The third-order valence-electron chi connectivity index (χ3n) is 5.75. The van der Waals surface area contributed by atoms with Crippen molar-refractivity contribution in [1.82, 2.24) is 15.0 Å². The first-order valence-corrected chi connectivity index (χ1v) is 9.85. The SMILES string of the molecule is CN(CCc1noc(C2CC2)n1)C(=O)[C@H](c1ccccc1)C1CCCC1. The van der Waals surface area contributed by atoms with Crippen LogP contribution in [-0.2, 0) is 11.2 Å². The van der Waals surface area contributed by atoms with Gasteiger partial charge in [0.2, 0.25) is 11.8 Å². The lowest BCUT2D eigenvalue weighted by Crippen LogP contribution is -2.36. The van der Waals surface area contributed by atoms with Crippen LogP contribution in [0.1, 0.15) is 67.6 Å². The molecule has 1 amide bonds. The molecule has 0 aliphatic heterocycles. The zero-order valence-corrected chi connectivity index (χ0v) is 15.4. The Balaban J connectivity index is 1.42. The van der Waals surface area contributed by atoms with Gasteiger partial charge in [-0.05, 0) is 37.2 Å². The summed E-state index contributed by atoms with van der Waals surface area (Å²) in [6.07, 6.45) is 7.71. The van der Waals surface area contributed by atoms with Gasteiger partial charge in [0.05, 0.1) is 5.92 Å². The molecule has 4 rings (SSSR count). The number of likely N-dealkylation sites (N-methyl/N-ethyl adjacent to an activating group) is 1. The van der Waals surface area contributed by atoms with Crippen LogP contribution in [0.2, 0.25) is 0 Å². The minimum Gasteiger partial charge on any atom is -0.345 e. The molecule has 0 spiro atoms. The van der Waals surface area contributed by atoms with Crippen LogP contribution in [0.4, 0.5) is 0 Å². The maximum atomic E-state index is 13.2. The highest BCUT2D eigenvalue weighted by atomic mass is 16.5. The second-order valence-corrected chi connectivity index (χ2v) is 7.77. The molecule has 0 N–H and O–H groups in total. The Morgan fingerprint density at radius 3 is 2.62 bits per heavy atom. The molecule has 2 fully saturated rings. The maximum Gasteiger partial charge on any atom is 0.230 e. The second kappa shape index (κ2) is 7.60. The third-order valence-corrected chi connectivity index (χ3v) is 5.75. The van der Waals surface area contributed by atoms with E-state index >= 15 is 0 Å². The lowest BCUT2D eigenvalue weighted by atomic mass is 9.84. The highest BCUT2D eigenvalue weighted by Crippen LogP contribution is 2.39. The maximum absolute atomic E-state index is 13.2. The largest absolute Gasteiger partial charge is 0.345 e. The molecular weight excluding hydrogens is 326 g/mol. The van der Waals surface area contributed by atoms with Crippen LogP contribution in [0.15, 0.2) is 34.9 Å². The Hall–Kier alpha value is -2.17. The fourth-order valence-corrected chi connectivity index (χ4v) is 4.05. The van der Waals surface area contributed by atoms with Crippen molar-refractivity contribution >= 4 is 5.91 Å². The van der Waals surface area contributed by atoms with E-state index in [2.05, 4.69) is 22.3 Å². The highest BCUT2D eigenvalue weighted by molar-refractivity contribution is 5.84. The summed E-state index contributed by atoms with van der Waals surface area (Å²) in [5, 5.41) is 4.07. The first kappa shape index (κ1) is 17.3. The summed E-state index contributed by atoms with van der Waals surface area (Å²) in [4.78, 5) is 19.6. The van der Waals surface area contributed by atoms with Crippen LogP contribution in [0.5, 0.6) is 0 Å². The van der Waals surface area contributed by atoms with Gasteiger partial charge >= 0.3 is 0 Å². The standard InChI is InChI=1S/C21H27N3O2/c1-24(14-13-18-22-20(26-23-18)17-11-12-17)21(25)19(16-9-5-6-10-16)15-7-3-2-4-8-15/h2-4,7-8,16-17,19H,5-6,9-14H2,1H3/t19-/m1/s1. The van der Waals surface area contributed by atoms with Crippen LogP contribution in [-0.4, -0.2) is 34.5 Å². The van der Waals surface area contributed by atoms with Crippen molar-refractivity contribution in [1.29, 1.82) is 0 Å². The first-order chi connectivity index (χ1) is 12.7. The number of aromatic nitrogens is 2. The molecule has 0 bridgehead atoms. The van der Waals surface area contributed by atoms with E-state index in [0.29, 0.717) is 30.6 Å². The summed E-state index contributed by atoms with van der Waals surface area (Å²) < 4.78 is 5.31. The van der Waals surface area contributed by atoms with E-state index in [4.69, 9.17) is 4.52 Å². The van der Waals surface area contributed by atoms with Crippen LogP contribution < -0.4 is 0 Å². The lowest BCUT2D eigenvalue weighted by Gasteiger charge is -2.28. The van der Waals surface area contributed by atoms with E-state index in [1.807, 2.05) is 30.1 Å². The van der Waals surface area contributed by atoms with Crippen molar-refractivity contribution in [2.45, 2.75) is 56.8 Å². The predicted octanol–water partition coefficient (Wildman–Crippen LogP) is 3.92. The van der Waals surface area contributed by atoms with Gasteiger partial charge < -0.3 is 9.42 Å².